The van der Waals surface area contributed by atoms with E-state index in [4.69, 9.17) is 4.74 Å². The molecule has 0 unspecified atom stereocenters. The number of hydrogen-bond donors (Lipinski definition) is 1. The molecule has 2 amide bonds. The number of carbonyl (C=O) groups is 2. The highest BCUT2D eigenvalue weighted by Gasteiger charge is 2.44. The van der Waals surface area contributed by atoms with Gasteiger partial charge >= 0.3 is 0 Å². The first-order valence-corrected chi connectivity index (χ1v) is 11.2. The normalized spacial score (nSPS) is 28.5. The summed E-state index contributed by atoms with van der Waals surface area (Å²) in [7, 11) is 0. The number of likely N-dealkylation sites (tertiary alicyclic amines) is 1. The van der Waals surface area contributed by atoms with Crippen molar-refractivity contribution < 1.29 is 14.3 Å². The summed E-state index contributed by atoms with van der Waals surface area (Å²) in [5, 5.41) is 7.39. The van der Waals surface area contributed by atoms with E-state index in [9.17, 15) is 9.59 Å². The standard InChI is InChI=1S/C23H30N4O3/c1-2-22(28)25-20-10-17-12-26(13-18(17)11-21(20)30-14-15-3-4-15)23(29)16-6-8-27-19(9-16)5-7-24-27/h5-9,15,17-18,20-21H,2-4,10-14H2,1H3,(H,25,28)/t17-,18+,20-,21-/m0/s1. The van der Waals surface area contributed by atoms with Crippen LogP contribution in [0.15, 0.2) is 30.6 Å². The minimum atomic E-state index is 0.0515. The van der Waals surface area contributed by atoms with Crippen LogP contribution in [0, 0.1) is 17.8 Å². The van der Waals surface area contributed by atoms with E-state index < -0.39 is 0 Å². The summed E-state index contributed by atoms with van der Waals surface area (Å²) in [5.74, 6) is 1.71. The average Bonchev–Trinajstić information content (AvgIpc) is 3.30. The predicted octanol–water partition coefficient (Wildman–Crippen LogP) is 2.51. The van der Waals surface area contributed by atoms with Gasteiger partial charge in [0.05, 0.1) is 17.7 Å². The number of amides is 2. The molecule has 1 saturated heterocycles. The van der Waals surface area contributed by atoms with E-state index in [1.54, 1.807) is 10.7 Å². The minimum Gasteiger partial charge on any atom is -0.376 e. The molecule has 0 spiro atoms. The highest BCUT2D eigenvalue weighted by molar-refractivity contribution is 5.95. The van der Waals surface area contributed by atoms with Crippen LogP contribution in [0.4, 0.5) is 0 Å². The summed E-state index contributed by atoms with van der Waals surface area (Å²) in [6, 6.07) is 5.71. The van der Waals surface area contributed by atoms with Gasteiger partial charge in [0, 0.05) is 44.1 Å². The molecule has 2 saturated carbocycles. The van der Waals surface area contributed by atoms with Crippen molar-refractivity contribution in [2.45, 2.75) is 51.2 Å². The van der Waals surface area contributed by atoms with Crippen molar-refractivity contribution in [1.29, 1.82) is 0 Å². The van der Waals surface area contributed by atoms with Gasteiger partial charge in [0.15, 0.2) is 0 Å². The lowest BCUT2D eigenvalue weighted by Crippen LogP contribution is -2.50. The second-order valence-electron chi connectivity index (χ2n) is 9.16. The molecular formula is C23H30N4O3. The lowest BCUT2D eigenvalue weighted by molar-refractivity contribution is -0.124. The molecule has 0 aromatic carbocycles. The molecule has 2 aliphatic carbocycles. The van der Waals surface area contributed by atoms with Crippen molar-refractivity contribution in [2.24, 2.45) is 17.8 Å². The predicted molar refractivity (Wildman–Crippen MR) is 112 cm³/mol. The van der Waals surface area contributed by atoms with Gasteiger partial charge in [0.25, 0.3) is 5.91 Å². The van der Waals surface area contributed by atoms with Gasteiger partial charge in [-0.15, -0.1) is 0 Å². The smallest absolute Gasteiger partial charge is 0.254 e. The Morgan fingerprint density at radius 2 is 2.00 bits per heavy atom. The fourth-order valence-electron chi connectivity index (χ4n) is 5.01. The van der Waals surface area contributed by atoms with Crippen LogP contribution in [0.2, 0.25) is 0 Å². The summed E-state index contributed by atoms with van der Waals surface area (Å²) in [4.78, 5) is 27.2. The Morgan fingerprint density at radius 1 is 1.20 bits per heavy atom. The van der Waals surface area contributed by atoms with Crippen LogP contribution in [0.25, 0.3) is 5.52 Å². The largest absolute Gasteiger partial charge is 0.376 e. The second-order valence-corrected chi connectivity index (χ2v) is 9.16. The zero-order valence-electron chi connectivity index (χ0n) is 17.5. The molecule has 30 heavy (non-hydrogen) atoms. The van der Waals surface area contributed by atoms with Crippen LogP contribution in [0.5, 0.6) is 0 Å². The molecule has 7 nitrogen and oxygen atoms in total. The van der Waals surface area contributed by atoms with Crippen LogP contribution in [-0.2, 0) is 9.53 Å². The third-order valence-electron chi connectivity index (χ3n) is 6.96. The lowest BCUT2D eigenvalue weighted by Gasteiger charge is -2.38. The van der Waals surface area contributed by atoms with Crippen molar-refractivity contribution in [2.75, 3.05) is 19.7 Å². The van der Waals surface area contributed by atoms with E-state index in [0.29, 0.717) is 29.7 Å². The highest BCUT2D eigenvalue weighted by atomic mass is 16.5. The molecule has 3 aliphatic rings. The molecule has 7 heteroatoms. The Balaban J connectivity index is 1.28. The molecule has 1 aliphatic heterocycles. The van der Waals surface area contributed by atoms with E-state index in [-0.39, 0.29) is 24.0 Å². The molecule has 0 radical (unpaired) electrons. The topological polar surface area (TPSA) is 75.9 Å². The fourth-order valence-corrected chi connectivity index (χ4v) is 5.01. The van der Waals surface area contributed by atoms with Crippen LogP contribution in [-0.4, -0.2) is 58.2 Å². The maximum Gasteiger partial charge on any atom is 0.254 e. The van der Waals surface area contributed by atoms with Gasteiger partial charge < -0.3 is 15.0 Å². The van der Waals surface area contributed by atoms with Gasteiger partial charge in [0.1, 0.15) is 0 Å². The van der Waals surface area contributed by atoms with Gasteiger partial charge in [-0.2, -0.15) is 5.10 Å². The maximum absolute atomic E-state index is 13.2. The molecule has 5 rings (SSSR count). The first-order chi connectivity index (χ1) is 14.6. The van der Waals surface area contributed by atoms with Crippen LogP contribution >= 0.6 is 0 Å². The van der Waals surface area contributed by atoms with Crippen LogP contribution < -0.4 is 5.32 Å². The van der Waals surface area contributed by atoms with Crippen molar-refractivity contribution in [3.05, 3.63) is 36.2 Å². The Morgan fingerprint density at radius 3 is 2.77 bits per heavy atom. The highest BCUT2D eigenvalue weighted by Crippen LogP contribution is 2.39. The summed E-state index contributed by atoms with van der Waals surface area (Å²) < 4.78 is 8.03. The van der Waals surface area contributed by atoms with E-state index in [0.717, 1.165) is 38.1 Å². The number of pyridine rings is 1. The van der Waals surface area contributed by atoms with Crippen molar-refractivity contribution in [1.82, 2.24) is 19.8 Å². The van der Waals surface area contributed by atoms with E-state index in [2.05, 4.69) is 10.4 Å². The molecular weight excluding hydrogens is 380 g/mol. The number of nitrogens with zero attached hydrogens (tertiary/aromatic N) is 3. The number of carbonyl (C=O) groups excluding carboxylic acids is 2. The molecule has 4 atom stereocenters. The summed E-state index contributed by atoms with van der Waals surface area (Å²) in [6.45, 7) is 4.20. The number of fused-ring (bicyclic) bond motifs is 2. The molecule has 0 bridgehead atoms. The number of aromatic nitrogens is 2. The number of nitrogens with one attached hydrogen (secondary N) is 1. The molecule has 3 heterocycles. The second kappa shape index (κ2) is 8.02. The quantitative estimate of drug-likeness (QED) is 0.794. The third-order valence-corrected chi connectivity index (χ3v) is 6.96. The first-order valence-electron chi connectivity index (χ1n) is 11.2. The maximum atomic E-state index is 13.2. The summed E-state index contributed by atoms with van der Waals surface area (Å²) in [6.07, 6.45) is 8.43. The van der Waals surface area contributed by atoms with Gasteiger partial charge in [0.2, 0.25) is 5.91 Å². The molecule has 2 aromatic heterocycles. The van der Waals surface area contributed by atoms with E-state index in [1.165, 1.54) is 12.8 Å². The van der Waals surface area contributed by atoms with E-state index in [1.807, 2.05) is 36.2 Å². The van der Waals surface area contributed by atoms with Gasteiger partial charge in [-0.1, -0.05) is 6.92 Å². The molecule has 3 fully saturated rings. The van der Waals surface area contributed by atoms with Crippen LogP contribution in [0.3, 0.4) is 0 Å². The lowest BCUT2D eigenvalue weighted by atomic mass is 9.77. The number of rotatable bonds is 6. The molecule has 1 N–H and O–H groups in total. The zero-order valence-corrected chi connectivity index (χ0v) is 17.5. The van der Waals surface area contributed by atoms with Gasteiger partial charge in [-0.25, -0.2) is 4.52 Å². The number of hydrogen-bond acceptors (Lipinski definition) is 4. The minimum absolute atomic E-state index is 0.0515. The zero-order chi connectivity index (χ0) is 20.7. The van der Waals surface area contributed by atoms with Crippen LogP contribution in [0.1, 0.15) is 49.4 Å². The SMILES string of the molecule is CCC(=O)N[C@H]1C[C@H]2CN(C(=O)c3ccn4nccc4c3)C[C@H]2C[C@@H]1OCC1CC1. The van der Waals surface area contributed by atoms with Gasteiger partial charge in [-0.3, -0.25) is 9.59 Å². The monoisotopic (exact) mass is 410 g/mol. The summed E-state index contributed by atoms with van der Waals surface area (Å²) in [5.41, 5.74) is 1.63. The fraction of sp³-hybridized carbons (Fsp3) is 0.609. The third kappa shape index (κ3) is 3.95. The Kier molecular flexibility index (Phi) is 5.23. The van der Waals surface area contributed by atoms with E-state index >= 15 is 0 Å². The van der Waals surface area contributed by atoms with Crippen molar-refractivity contribution in [3.63, 3.8) is 0 Å². The van der Waals surface area contributed by atoms with Gasteiger partial charge in [-0.05, 0) is 61.6 Å². The first kappa shape index (κ1) is 19.5. The Hall–Kier alpha value is -2.41. The Bertz CT molecular complexity index is 937. The molecule has 160 valence electrons. The van der Waals surface area contributed by atoms with Crippen molar-refractivity contribution >= 4 is 17.3 Å². The number of ether oxygens (including phenoxy) is 1. The molecule has 2 aromatic rings. The summed E-state index contributed by atoms with van der Waals surface area (Å²) >= 11 is 0. The van der Waals surface area contributed by atoms with Crippen molar-refractivity contribution in [3.8, 4) is 0 Å². The average molecular weight is 411 g/mol. The Labute approximate surface area is 176 Å².